The lowest BCUT2D eigenvalue weighted by Gasteiger charge is -2.32. The van der Waals surface area contributed by atoms with Crippen LogP contribution in [0.5, 0.6) is 5.75 Å². The van der Waals surface area contributed by atoms with Gasteiger partial charge in [-0.15, -0.1) is 11.8 Å². The predicted octanol–water partition coefficient (Wildman–Crippen LogP) is 4.86. The Balaban J connectivity index is 1.73. The van der Waals surface area contributed by atoms with Crippen molar-refractivity contribution in [2.75, 3.05) is 12.4 Å². The second kappa shape index (κ2) is 7.54. The number of carbonyl (C=O) groups is 2. The van der Waals surface area contributed by atoms with Crippen molar-refractivity contribution in [1.82, 2.24) is 0 Å². The Kier molecular flexibility index (Phi) is 5.37. The van der Waals surface area contributed by atoms with Crippen LogP contribution < -0.4 is 4.74 Å². The molecule has 0 unspecified atom stereocenters. The van der Waals surface area contributed by atoms with Gasteiger partial charge in [-0.3, -0.25) is 0 Å². The van der Waals surface area contributed by atoms with E-state index in [4.69, 9.17) is 9.47 Å². The number of fused-ring (bicyclic) bond motifs is 1. The molecule has 1 heterocycles. The van der Waals surface area contributed by atoms with Crippen LogP contribution in [0.15, 0.2) is 47.4 Å². The maximum atomic E-state index is 12.5. The molecule has 0 radical (unpaired) electrons. The third-order valence-electron chi connectivity index (χ3n) is 4.51. The van der Waals surface area contributed by atoms with Crippen LogP contribution in [0.3, 0.4) is 0 Å². The molecule has 0 aromatic heterocycles. The molecular weight excluding hydrogens is 348 g/mol. The van der Waals surface area contributed by atoms with E-state index in [0.29, 0.717) is 23.5 Å². The minimum atomic E-state index is -0.402. The third-order valence-corrected chi connectivity index (χ3v) is 5.56. The predicted molar refractivity (Wildman–Crippen MR) is 102 cm³/mol. The molecule has 0 bridgehead atoms. The molecule has 0 spiro atoms. The Hall–Kier alpha value is -2.27. The summed E-state index contributed by atoms with van der Waals surface area (Å²) in [6, 6.07) is 12.1. The average molecular weight is 370 g/mol. The summed E-state index contributed by atoms with van der Waals surface area (Å²) < 4.78 is 10.4. The fourth-order valence-corrected chi connectivity index (χ4v) is 4.46. The molecule has 1 aliphatic rings. The highest BCUT2D eigenvalue weighted by Gasteiger charge is 2.28. The second-order valence-electron chi connectivity index (χ2n) is 6.83. The van der Waals surface area contributed by atoms with Gasteiger partial charge < -0.3 is 9.47 Å². The van der Waals surface area contributed by atoms with E-state index >= 15 is 0 Å². The average Bonchev–Trinajstić information content (AvgIpc) is 2.62. The van der Waals surface area contributed by atoms with E-state index in [1.54, 1.807) is 43.0 Å². The van der Waals surface area contributed by atoms with Crippen LogP contribution >= 0.6 is 11.8 Å². The highest BCUT2D eigenvalue weighted by Crippen LogP contribution is 2.41. The first-order chi connectivity index (χ1) is 12.4. The molecule has 26 heavy (non-hydrogen) atoms. The third kappa shape index (κ3) is 3.93. The summed E-state index contributed by atoms with van der Waals surface area (Å²) in [4.78, 5) is 25.3. The fraction of sp³-hybridized carbons (Fsp3) is 0.333. The van der Waals surface area contributed by atoms with E-state index in [1.807, 2.05) is 18.2 Å². The van der Waals surface area contributed by atoms with Gasteiger partial charge in [0, 0.05) is 4.90 Å². The molecule has 5 heteroatoms. The van der Waals surface area contributed by atoms with Gasteiger partial charge in [0.15, 0.2) is 0 Å². The van der Waals surface area contributed by atoms with Gasteiger partial charge in [0.2, 0.25) is 0 Å². The summed E-state index contributed by atoms with van der Waals surface area (Å²) in [6.45, 7) is 6.54. The van der Waals surface area contributed by atoms with E-state index in [0.717, 1.165) is 17.1 Å². The number of thioether (sulfide) groups is 1. The molecule has 0 saturated carbocycles. The van der Waals surface area contributed by atoms with Crippen molar-refractivity contribution in [3.05, 3.63) is 59.2 Å². The van der Waals surface area contributed by atoms with Gasteiger partial charge in [-0.2, -0.15) is 0 Å². The number of benzene rings is 2. The number of hydrogen-bond acceptors (Lipinski definition) is 5. The Bertz CT molecular complexity index is 824. The van der Waals surface area contributed by atoms with Crippen LogP contribution in [0.25, 0.3) is 0 Å². The molecular formula is C21H22O4S. The Morgan fingerprint density at radius 1 is 1.04 bits per heavy atom. The molecule has 2 aromatic rings. The van der Waals surface area contributed by atoms with Crippen molar-refractivity contribution >= 4 is 23.7 Å². The highest BCUT2D eigenvalue weighted by molar-refractivity contribution is 7.99. The Morgan fingerprint density at radius 2 is 1.73 bits per heavy atom. The first-order valence-corrected chi connectivity index (χ1v) is 9.66. The van der Waals surface area contributed by atoms with E-state index in [9.17, 15) is 9.59 Å². The molecule has 0 saturated heterocycles. The van der Waals surface area contributed by atoms with Gasteiger partial charge in [0.1, 0.15) is 5.75 Å². The van der Waals surface area contributed by atoms with E-state index < -0.39 is 5.97 Å². The molecule has 136 valence electrons. The number of ether oxygens (including phenoxy) is 2. The minimum absolute atomic E-state index is 0.131. The molecule has 0 aliphatic carbocycles. The zero-order valence-electron chi connectivity index (χ0n) is 15.2. The van der Waals surface area contributed by atoms with Gasteiger partial charge in [-0.1, -0.05) is 19.9 Å². The summed E-state index contributed by atoms with van der Waals surface area (Å²) >= 11 is 1.78. The molecule has 0 atom stereocenters. The van der Waals surface area contributed by atoms with Gasteiger partial charge in [-0.05, 0) is 66.5 Å². The summed E-state index contributed by atoms with van der Waals surface area (Å²) in [6.07, 6.45) is 1.13. The van der Waals surface area contributed by atoms with Crippen molar-refractivity contribution in [2.45, 2.75) is 37.5 Å². The highest BCUT2D eigenvalue weighted by atomic mass is 32.2. The van der Waals surface area contributed by atoms with Crippen LogP contribution in [0.2, 0.25) is 0 Å². The van der Waals surface area contributed by atoms with Crippen molar-refractivity contribution in [3.63, 3.8) is 0 Å². The number of hydrogen-bond donors (Lipinski definition) is 0. The zero-order chi connectivity index (χ0) is 18.7. The molecule has 0 amide bonds. The Labute approximate surface area is 157 Å². The second-order valence-corrected chi connectivity index (χ2v) is 7.96. The molecule has 0 N–H and O–H groups in total. The van der Waals surface area contributed by atoms with E-state index in [-0.39, 0.29) is 11.4 Å². The summed E-state index contributed by atoms with van der Waals surface area (Å²) in [7, 11) is 0. The monoisotopic (exact) mass is 370 g/mol. The van der Waals surface area contributed by atoms with Crippen LogP contribution in [-0.2, 0) is 10.2 Å². The van der Waals surface area contributed by atoms with Crippen LogP contribution in [0.1, 0.15) is 53.5 Å². The standard InChI is InChI=1S/C21H22O4S/c1-4-24-19(22)14-5-8-16(9-6-14)25-20(23)15-7-10-17-18(13-15)26-12-11-21(17,2)3/h5-10,13H,4,11-12H2,1-3H3. The lowest BCUT2D eigenvalue weighted by Crippen LogP contribution is -2.23. The maximum Gasteiger partial charge on any atom is 0.343 e. The fourth-order valence-electron chi connectivity index (χ4n) is 2.92. The van der Waals surface area contributed by atoms with Gasteiger partial charge in [-0.25, -0.2) is 9.59 Å². The first-order valence-electron chi connectivity index (χ1n) is 8.67. The van der Waals surface area contributed by atoms with Gasteiger partial charge in [0.05, 0.1) is 17.7 Å². The SMILES string of the molecule is CCOC(=O)c1ccc(OC(=O)c2ccc3c(c2)SCCC3(C)C)cc1. The van der Waals surface area contributed by atoms with Crippen LogP contribution in [0.4, 0.5) is 0 Å². The normalized spacial score (nSPS) is 15.0. The summed E-state index contributed by atoms with van der Waals surface area (Å²) in [5, 5.41) is 0. The summed E-state index contributed by atoms with van der Waals surface area (Å²) in [5.41, 5.74) is 2.37. The number of carbonyl (C=O) groups excluding carboxylic acids is 2. The van der Waals surface area contributed by atoms with Crippen molar-refractivity contribution in [2.24, 2.45) is 0 Å². The van der Waals surface area contributed by atoms with E-state index in [1.165, 1.54) is 5.56 Å². The lowest BCUT2D eigenvalue weighted by molar-refractivity contribution is 0.0526. The molecule has 3 rings (SSSR count). The van der Waals surface area contributed by atoms with Crippen molar-refractivity contribution in [1.29, 1.82) is 0 Å². The maximum absolute atomic E-state index is 12.5. The van der Waals surface area contributed by atoms with Crippen molar-refractivity contribution < 1.29 is 19.1 Å². The largest absolute Gasteiger partial charge is 0.462 e. The topological polar surface area (TPSA) is 52.6 Å². The molecule has 4 nitrogen and oxygen atoms in total. The minimum Gasteiger partial charge on any atom is -0.462 e. The summed E-state index contributed by atoms with van der Waals surface area (Å²) in [5.74, 6) is 0.655. The van der Waals surface area contributed by atoms with Crippen molar-refractivity contribution in [3.8, 4) is 5.75 Å². The molecule has 1 aliphatic heterocycles. The Morgan fingerprint density at radius 3 is 2.42 bits per heavy atom. The smallest absolute Gasteiger partial charge is 0.343 e. The van der Waals surface area contributed by atoms with Crippen LogP contribution in [-0.4, -0.2) is 24.3 Å². The molecule has 0 fully saturated rings. The lowest BCUT2D eigenvalue weighted by atomic mass is 9.81. The van der Waals surface area contributed by atoms with Gasteiger partial charge in [0.25, 0.3) is 0 Å². The van der Waals surface area contributed by atoms with E-state index in [2.05, 4.69) is 13.8 Å². The quantitative estimate of drug-likeness (QED) is 0.568. The number of rotatable bonds is 4. The van der Waals surface area contributed by atoms with Crippen LogP contribution in [0, 0.1) is 0 Å². The zero-order valence-corrected chi connectivity index (χ0v) is 16.0. The van der Waals surface area contributed by atoms with Gasteiger partial charge >= 0.3 is 11.9 Å². The number of esters is 2. The first kappa shape index (κ1) is 18.5. The molecule has 2 aromatic carbocycles.